The van der Waals surface area contributed by atoms with E-state index < -0.39 is 6.10 Å². The van der Waals surface area contributed by atoms with Gasteiger partial charge in [-0.2, -0.15) is 0 Å². The molecule has 0 bridgehead atoms. The van der Waals surface area contributed by atoms with Crippen LogP contribution in [-0.2, 0) is 12.8 Å². The molecule has 0 aliphatic heterocycles. The Balaban J connectivity index is 1.94. The van der Waals surface area contributed by atoms with Crippen LogP contribution in [0.3, 0.4) is 0 Å². The van der Waals surface area contributed by atoms with Crippen molar-refractivity contribution in [2.45, 2.75) is 25.4 Å². The summed E-state index contributed by atoms with van der Waals surface area (Å²) in [5.74, 6) is 0. The fraction of sp³-hybridized carbons (Fsp3) is 0.250. The zero-order valence-corrected chi connectivity index (χ0v) is 13.3. The van der Waals surface area contributed by atoms with Gasteiger partial charge in [-0.15, -0.1) is 0 Å². The van der Waals surface area contributed by atoms with Crippen LogP contribution in [0, 0.1) is 3.57 Å². The summed E-state index contributed by atoms with van der Waals surface area (Å²) in [6.45, 7) is 0. The van der Waals surface area contributed by atoms with Crippen LogP contribution >= 0.6 is 34.2 Å². The van der Waals surface area contributed by atoms with Crippen LogP contribution in [-0.4, -0.2) is 5.11 Å². The zero-order valence-electron chi connectivity index (χ0n) is 10.4. The van der Waals surface area contributed by atoms with E-state index in [1.165, 1.54) is 24.0 Å². The molecule has 0 fully saturated rings. The third-order valence-electron chi connectivity index (χ3n) is 3.70. The van der Waals surface area contributed by atoms with Crippen molar-refractivity contribution in [3.05, 3.63) is 67.2 Å². The Kier molecular flexibility index (Phi) is 3.83. The molecule has 1 aliphatic carbocycles. The maximum atomic E-state index is 10.5. The molecule has 0 amide bonds. The first-order valence-corrected chi connectivity index (χ1v) is 7.85. The minimum absolute atomic E-state index is 0.597. The minimum Gasteiger partial charge on any atom is -0.384 e. The van der Waals surface area contributed by atoms with Crippen LogP contribution in [0.5, 0.6) is 0 Å². The number of fused-ring (bicyclic) bond motifs is 1. The molecule has 1 atom stereocenters. The first-order valence-electron chi connectivity index (χ1n) is 6.40. The van der Waals surface area contributed by atoms with Crippen molar-refractivity contribution in [3.63, 3.8) is 0 Å². The third kappa shape index (κ3) is 2.67. The molecule has 98 valence electrons. The first-order chi connectivity index (χ1) is 9.15. The summed E-state index contributed by atoms with van der Waals surface area (Å²) < 4.78 is 1.00. The van der Waals surface area contributed by atoms with Gasteiger partial charge in [-0.3, -0.25) is 0 Å². The van der Waals surface area contributed by atoms with Crippen molar-refractivity contribution in [1.29, 1.82) is 0 Å². The maximum absolute atomic E-state index is 10.5. The van der Waals surface area contributed by atoms with Gasteiger partial charge in [0.15, 0.2) is 0 Å². The topological polar surface area (TPSA) is 20.2 Å². The van der Waals surface area contributed by atoms with E-state index in [0.29, 0.717) is 5.02 Å². The number of benzene rings is 2. The predicted molar refractivity (Wildman–Crippen MR) is 86.7 cm³/mol. The molecule has 19 heavy (non-hydrogen) atoms. The second-order valence-corrected chi connectivity index (χ2v) is 6.53. The van der Waals surface area contributed by atoms with E-state index in [2.05, 4.69) is 34.7 Å². The Morgan fingerprint density at radius 3 is 2.47 bits per heavy atom. The molecular formula is C16H14ClIO. The third-order valence-corrected chi connectivity index (χ3v) is 5.27. The molecule has 2 aromatic rings. The minimum atomic E-state index is -0.597. The van der Waals surface area contributed by atoms with E-state index in [1.54, 1.807) is 0 Å². The molecule has 0 heterocycles. The lowest BCUT2D eigenvalue weighted by Gasteiger charge is -2.14. The van der Waals surface area contributed by atoms with Crippen LogP contribution in [0.15, 0.2) is 36.4 Å². The van der Waals surface area contributed by atoms with E-state index in [1.807, 2.05) is 24.3 Å². The lowest BCUT2D eigenvalue weighted by Crippen LogP contribution is -2.01. The van der Waals surface area contributed by atoms with Gasteiger partial charge < -0.3 is 5.11 Å². The summed E-state index contributed by atoms with van der Waals surface area (Å²) in [6.07, 6.45) is 2.93. The van der Waals surface area contributed by atoms with Crippen molar-refractivity contribution in [1.82, 2.24) is 0 Å². The fourth-order valence-corrected chi connectivity index (χ4v) is 3.16. The Bertz CT molecular complexity index is 624. The largest absolute Gasteiger partial charge is 0.384 e. The van der Waals surface area contributed by atoms with Gasteiger partial charge in [0.05, 0.1) is 5.02 Å². The van der Waals surface area contributed by atoms with Crippen molar-refractivity contribution >= 4 is 34.2 Å². The summed E-state index contributed by atoms with van der Waals surface area (Å²) in [6, 6.07) is 12.0. The van der Waals surface area contributed by atoms with Crippen LogP contribution in [0.2, 0.25) is 5.02 Å². The van der Waals surface area contributed by atoms with E-state index in [9.17, 15) is 5.11 Å². The second kappa shape index (κ2) is 5.43. The summed E-state index contributed by atoms with van der Waals surface area (Å²) in [4.78, 5) is 0. The average molecular weight is 385 g/mol. The molecule has 2 aromatic carbocycles. The van der Waals surface area contributed by atoms with E-state index in [4.69, 9.17) is 11.6 Å². The van der Waals surface area contributed by atoms with Gasteiger partial charge in [-0.05, 0) is 76.2 Å². The smallest absolute Gasteiger partial charge is 0.104 e. The fourth-order valence-electron chi connectivity index (χ4n) is 2.64. The highest BCUT2D eigenvalue weighted by atomic mass is 127. The Labute approximate surface area is 131 Å². The molecule has 1 nitrogen and oxygen atoms in total. The number of halogens is 2. The predicted octanol–water partition coefficient (Wildman–Crippen LogP) is 4.52. The van der Waals surface area contributed by atoms with Gasteiger partial charge in [-0.25, -0.2) is 0 Å². The number of aliphatic hydroxyl groups is 1. The van der Waals surface area contributed by atoms with Crippen molar-refractivity contribution in [2.24, 2.45) is 0 Å². The van der Waals surface area contributed by atoms with Gasteiger partial charge in [0.2, 0.25) is 0 Å². The summed E-state index contributed by atoms with van der Waals surface area (Å²) in [5.41, 5.74) is 4.62. The Morgan fingerprint density at radius 2 is 1.68 bits per heavy atom. The number of aryl methyl sites for hydroxylation is 2. The quantitative estimate of drug-likeness (QED) is 0.755. The van der Waals surface area contributed by atoms with Crippen LogP contribution in [0.1, 0.15) is 34.8 Å². The highest BCUT2D eigenvalue weighted by Gasteiger charge is 2.16. The van der Waals surface area contributed by atoms with Gasteiger partial charge in [0.1, 0.15) is 6.10 Å². The zero-order chi connectivity index (χ0) is 13.4. The molecule has 0 aromatic heterocycles. The van der Waals surface area contributed by atoms with Gasteiger partial charge in [0.25, 0.3) is 0 Å². The van der Waals surface area contributed by atoms with Gasteiger partial charge >= 0.3 is 0 Å². The molecule has 0 saturated heterocycles. The lowest BCUT2D eigenvalue weighted by atomic mass is 9.98. The van der Waals surface area contributed by atoms with E-state index in [-0.39, 0.29) is 0 Å². The standard InChI is InChI=1S/C16H14ClIO/c17-14-9-13(6-7-15(14)18)16(19)12-5-4-10-2-1-3-11(10)8-12/h4-9,16,19H,1-3H2. The van der Waals surface area contributed by atoms with Crippen LogP contribution < -0.4 is 0 Å². The summed E-state index contributed by atoms with van der Waals surface area (Å²) >= 11 is 8.31. The molecule has 3 rings (SSSR count). The highest BCUT2D eigenvalue weighted by molar-refractivity contribution is 14.1. The SMILES string of the molecule is OC(c1ccc(I)c(Cl)c1)c1ccc2c(c1)CCC2. The van der Waals surface area contributed by atoms with Gasteiger partial charge in [-0.1, -0.05) is 35.9 Å². The molecule has 1 N–H and O–H groups in total. The molecule has 0 saturated carbocycles. The van der Waals surface area contributed by atoms with Gasteiger partial charge in [0, 0.05) is 3.57 Å². The molecule has 1 aliphatic rings. The molecule has 0 spiro atoms. The normalized spacial score (nSPS) is 15.3. The van der Waals surface area contributed by atoms with Crippen molar-refractivity contribution in [3.8, 4) is 0 Å². The Hall–Kier alpha value is -0.580. The average Bonchev–Trinajstić information content (AvgIpc) is 2.88. The van der Waals surface area contributed by atoms with E-state index >= 15 is 0 Å². The lowest BCUT2D eigenvalue weighted by molar-refractivity contribution is 0.220. The Morgan fingerprint density at radius 1 is 1.00 bits per heavy atom. The van der Waals surface area contributed by atoms with Crippen molar-refractivity contribution in [2.75, 3.05) is 0 Å². The summed E-state index contributed by atoms with van der Waals surface area (Å²) in [7, 11) is 0. The number of hydrogen-bond acceptors (Lipinski definition) is 1. The van der Waals surface area contributed by atoms with Crippen LogP contribution in [0.4, 0.5) is 0 Å². The van der Waals surface area contributed by atoms with Crippen LogP contribution in [0.25, 0.3) is 0 Å². The number of rotatable bonds is 2. The van der Waals surface area contributed by atoms with Crippen molar-refractivity contribution < 1.29 is 5.11 Å². The van der Waals surface area contributed by atoms with E-state index in [0.717, 1.165) is 21.1 Å². The number of hydrogen-bond donors (Lipinski definition) is 1. The molecule has 0 radical (unpaired) electrons. The number of aliphatic hydroxyl groups excluding tert-OH is 1. The monoisotopic (exact) mass is 384 g/mol. The highest BCUT2D eigenvalue weighted by Crippen LogP contribution is 2.30. The summed E-state index contributed by atoms with van der Waals surface area (Å²) in [5, 5.41) is 11.2. The second-order valence-electron chi connectivity index (χ2n) is 4.96. The maximum Gasteiger partial charge on any atom is 0.104 e. The molecular weight excluding hydrogens is 371 g/mol. The molecule has 1 unspecified atom stereocenters. The molecule has 3 heteroatoms. The first kappa shape index (κ1) is 13.4.